The van der Waals surface area contributed by atoms with E-state index in [1.54, 1.807) is 6.92 Å². The molecular formula is C28H38N4O5. The molecule has 2 aromatic rings. The molecule has 37 heavy (non-hydrogen) atoms. The molecule has 4 saturated carbocycles. The number of benzene rings is 1. The SMILES string of the molecule is CCCCCn1nc(C(=O)NC23CC4CC(C2)CC(OC(=O)NCC(=O)OCC)(C4)C3)c2ccccc21. The number of hydrogen-bond donors (Lipinski definition) is 2. The molecule has 4 aliphatic rings. The van der Waals surface area contributed by atoms with Crippen molar-refractivity contribution in [2.24, 2.45) is 11.8 Å². The number of hydrogen-bond acceptors (Lipinski definition) is 6. The Hall–Kier alpha value is -3.10. The molecule has 4 bridgehead atoms. The van der Waals surface area contributed by atoms with Gasteiger partial charge in [0.05, 0.1) is 12.1 Å². The lowest BCUT2D eigenvalue weighted by Crippen LogP contribution is -2.66. The van der Waals surface area contributed by atoms with E-state index >= 15 is 0 Å². The number of alkyl carbamates (subject to hydrolysis) is 1. The number of carbonyl (C=O) groups excluding carboxylic acids is 3. The second-order valence-corrected chi connectivity index (χ2v) is 11.2. The van der Waals surface area contributed by atoms with Gasteiger partial charge in [-0.15, -0.1) is 0 Å². The molecule has 2 amide bonds. The predicted molar refractivity (Wildman–Crippen MR) is 138 cm³/mol. The number of nitrogens with one attached hydrogen (secondary N) is 2. The van der Waals surface area contributed by atoms with Gasteiger partial charge in [-0.05, 0) is 63.4 Å². The van der Waals surface area contributed by atoms with E-state index < -0.39 is 23.2 Å². The average Bonchev–Trinajstić information content (AvgIpc) is 3.21. The number of esters is 1. The fraction of sp³-hybridized carbons (Fsp3) is 0.643. The van der Waals surface area contributed by atoms with Crippen LogP contribution in [0.4, 0.5) is 4.79 Å². The fourth-order valence-corrected chi connectivity index (χ4v) is 7.31. The van der Waals surface area contributed by atoms with Gasteiger partial charge in [0.1, 0.15) is 12.1 Å². The third-order valence-corrected chi connectivity index (χ3v) is 8.22. The van der Waals surface area contributed by atoms with E-state index in [0.717, 1.165) is 68.8 Å². The highest BCUT2D eigenvalue weighted by atomic mass is 16.6. The standard InChI is InChI=1S/C28H38N4O5/c1-3-5-8-11-32-22-10-7-6-9-21(22)24(31-32)25(34)30-27-13-19-12-20(14-27)16-28(15-19,18-27)37-26(35)29-17-23(33)36-4-2/h6-7,9-10,19-20H,3-5,8,11-18H2,1-2H3,(H,29,35)(H,30,34). The molecule has 0 aliphatic heterocycles. The molecule has 9 nitrogen and oxygen atoms in total. The van der Waals surface area contributed by atoms with Gasteiger partial charge in [0.15, 0.2) is 5.69 Å². The van der Waals surface area contributed by atoms with Gasteiger partial charge in [-0.3, -0.25) is 14.3 Å². The molecule has 200 valence electrons. The van der Waals surface area contributed by atoms with E-state index in [9.17, 15) is 14.4 Å². The molecule has 1 aromatic carbocycles. The molecule has 0 spiro atoms. The molecule has 2 unspecified atom stereocenters. The van der Waals surface area contributed by atoms with E-state index in [1.165, 1.54) is 0 Å². The number of amides is 2. The summed E-state index contributed by atoms with van der Waals surface area (Å²) in [6.45, 7) is 4.72. The van der Waals surface area contributed by atoms with Crippen molar-refractivity contribution in [2.75, 3.05) is 13.2 Å². The van der Waals surface area contributed by atoms with Crippen molar-refractivity contribution in [3.63, 3.8) is 0 Å². The highest BCUT2D eigenvalue weighted by Gasteiger charge is 2.60. The Balaban J connectivity index is 1.31. The highest BCUT2D eigenvalue weighted by molar-refractivity contribution is 6.05. The summed E-state index contributed by atoms with van der Waals surface area (Å²) in [5.74, 6) is 0.134. The second kappa shape index (κ2) is 10.3. The molecule has 9 heteroatoms. The molecular weight excluding hydrogens is 472 g/mol. The Labute approximate surface area is 217 Å². The van der Waals surface area contributed by atoms with Gasteiger partial charge in [-0.2, -0.15) is 5.10 Å². The second-order valence-electron chi connectivity index (χ2n) is 11.2. The Bertz CT molecular complexity index is 1160. The predicted octanol–water partition coefficient (Wildman–Crippen LogP) is 4.34. The monoisotopic (exact) mass is 510 g/mol. The van der Waals surface area contributed by atoms with Crippen LogP contribution in [0.5, 0.6) is 0 Å². The first-order chi connectivity index (χ1) is 17.8. The number of aryl methyl sites for hydroxylation is 1. The molecule has 1 aromatic heterocycles. The van der Waals surface area contributed by atoms with Gasteiger partial charge in [0.25, 0.3) is 5.91 Å². The van der Waals surface area contributed by atoms with Crippen LogP contribution >= 0.6 is 0 Å². The third kappa shape index (κ3) is 5.31. The first-order valence-corrected chi connectivity index (χ1v) is 13.7. The van der Waals surface area contributed by atoms with Gasteiger partial charge < -0.3 is 20.1 Å². The lowest BCUT2D eigenvalue weighted by atomic mass is 9.51. The summed E-state index contributed by atoms with van der Waals surface area (Å²) in [5, 5.41) is 11.5. The quantitative estimate of drug-likeness (QED) is 0.363. The number of fused-ring (bicyclic) bond motifs is 1. The van der Waals surface area contributed by atoms with Crippen LogP contribution < -0.4 is 10.6 Å². The zero-order chi connectivity index (χ0) is 26.0. The summed E-state index contributed by atoms with van der Waals surface area (Å²) in [4.78, 5) is 37.9. The summed E-state index contributed by atoms with van der Waals surface area (Å²) < 4.78 is 12.8. The number of nitrogens with zero attached hydrogens (tertiary/aromatic N) is 2. The molecule has 2 N–H and O–H groups in total. The van der Waals surface area contributed by atoms with Crippen molar-refractivity contribution < 1.29 is 23.9 Å². The van der Waals surface area contributed by atoms with Crippen LogP contribution in [0.3, 0.4) is 0 Å². The van der Waals surface area contributed by atoms with Gasteiger partial charge in [0, 0.05) is 23.9 Å². The zero-order valence-corrected chi connectivity index (χ0v) is 21.9. The summed E-state index contributed by atoms with van der Waals surface area (Å²) in [6.07, 6.45) is 7.72. The summed E-state index contributed by atoms with van der Waals surface area (Å²) in [7, 11) is 0. The lowest BCUT2D eigenvalue weighted by molar-refractivity contribution is -0.146. The van der Waals surface area contributed by atoms with Gasteiger partial charge >= 0.3 is 12.1 Å². The van der Waals surface area contributed by atoms with Crippen molar-refractivity contribution in [2.45, 2.75) is 89.3 Å². The van der Waals surface area contributed by atoms with Crippen molar-refractivity contribution in [1.29, 1.82) is 0 Å². The Morgan fingerprint density at radius 2 is 1.84 bits per heavy atom. The van der Waals surface area contributed by atoms with E-state index in [-0.39, 0.29) is 19.1 Å². The maximum Gasteiger partial charge on any atom is 0.408 e. The van der Waals surface area contributed by atoms with Gasteiger partial charge in [-0.25, -0.2) is 4.79 Å². The smallest absolute Gasteiger partial charge is 0.408 e. The first-order valence-electron chi connectivity index (χ1n) is 13.7. The number of rotatable bonds is 10. The number of para-hydroxylation sites is 1. The normalized spacial score (nSPS) is 27.7. The molecule has 0 radical (unpaired) electrons. The minimum absolute atomic E-state index is 0.158. The molecule has 4 aliphatic carbocycles. The van der Waals surface area contributed by atoms with E-state index in [2.05, 4.69) is 17.6 Å². The zero-order valence-electron chi connectivity index (χ0n) is 21.9. The summed E-state index contributed by atoms with van der Waals surface area (Å²) in [5.41, 5.74) is 0.394. The van der Waals surface area contributed by atoms with E-state index in [0.29, 0.717) is 24.0 Å². The molecule has 4 fully saturated rings. The van der Waals surface area contributed by atoms with Gasteiger partial charge in [-0.1, -0.05) is 38.0 Å². The first kappa shape index (κ1) is 25.5. The van der Waals surface area contributed by atoms with Crippen LogP contribution in [0.15, 0.2) is 24.3 Å². The minimum atomic E-state index is -0.627. The van der Waals surface area contributed by atoms with E-state index in [1.807, 2.05) is 28.9 Å². The van der Waals surface area contributed by atoms with Crippen molar-refractivity contribution in [3.8, 4) is 0 Å². The van der Waals surface area contributed by atoms with Gasteiger partial charge in [0.2, 0.25) is 0 Å². The van der Waals surface area contributed by atoms with Crippen molar-refractivity contribution >= 4 is 28.9 Å². The highest BCUT2D eigenvalue weighted by Crippen LogP contribution is 2.59. The van der Waals surface area contributed by atoms with Crippen LogP contribution in [-0.2, 0) is 20.8 Å². The summed E-state index contributed by atoms with van der Waals surface area (Å²) >= 11 is 0. The maximum absolute atomic E-state index is 13.7. The van der Waals surface area contributed by atoms with Crippen molar-refractivity contribution in [1.82, 2.24) is 20.4 Å². The molecule has 1 heterocycles. The van der Waals surface area contributed by atoms with Crippen molar-refractivity contribution in [3.05, 3.63) is 30.0 Å². The largest absolute Gasteiger partial charge is 0.465 e. The topological polar surface area (TPSA) is 112 Å². The van der Waals surface area contributed by atoms with Crippen LogP contribution in [-0.4, -0.2) is 52.0 Å². The van der Waals surface area contributed by atoms with E-state index in [4.69, 9.17) is 14.6 Å². The minimum Gasteiger partial charge on any atom is -0.465 e. The molecule has 0 saturated heterocycles. The number of carbonyl (C=O) groups is 3. The maximum atomic E-state index is 13.7. The third-order valence-electron chi connectivity index (χ3n) is 8.22. The van der Waals surface area contributed by atoms with Crippen LogP contribution in [0.1, 0.15) is 82.1 Å². The Morgan fingerprint density at radius 1 is 1.08 bits per heavy atom. The Morgan fingerprint density at radius 3 is 2.57 bits per heavy atom. The number of unbranched alkanes of at least 4 members (excludes halogenated alkanes) is 2. The molecule has 2 atom stereocenters. The number of aromatic nitrogens is 2. The summed E-state index contributed by atoms with van der Waals surface area (Å²) in [6, 6.07) is 7.91. The number of ether oxygens (including phenoxy) is 2. The Kier molecular flexibility index (Phi) is 7.14. The van der Waals surface area contributed by atoms with Crippen LogP contribution in [0, 0.1) is 11.8 Å². The molecule has 6 rings (SSSR count). The van der Waals surface area contributed by atoms with Crippen LogP contribution in [0.25, 0.3) is 10.9 Å². The lowest BCUT2D eigenvalue weighted by Gasteiger charge is -2.61. The fourth-order valence-electron chi connectivity index (χ4n) is 7.31. The average molecular weight is 511 g/mol. The van der Waals surface area contributed by atoms with Crippen LogP contribution in [0.2, 0.25) is 0 Å².